The summed E-state index contributed by atoms with van der Waals surface area (Å²) in [6.07, 6.45) is 7.82. The van der Waals surface area contributed by atoms with Gasteiger partial charge in [-0.05, 0) is 53.2 Å². The molecule has 9 heteroatoms. The van der Waals surface area contributed by atoms with Crippen molar-refractivity contribution < 1.29 is 14.4 Å². The smallest absolute Gasteiger partial charge is 0.293 e. The molecule has 0 bridgehead atoms. The van der Waals surface area contributed by atoms with Crippen LogP contribution in [0.25, 0.3) is 12.2 Å². The Balaban J connectivity index is 1.55. The van der Waals surface area contributed by atoms with E-state index < -0.39 is 11.1 Å². The van der Waals surface area contributed by atoms with Gasteiger partial charge in [-0.25, -0.2) is 0 Å². The van der Waals surface area contributed by atoms with E-state index in [-0.39, 0.29) is 23.9 Å². The summed E-state index contributed by atoms with van der Waals surface area (Å²) < 4.78 is 0. The Morgan fingerprint density at radius 1 is 1.24 bits per heavy atom. The number of aromatic nitrogens is 1. The van der Waals surface area contributed by atoms with Gasteiger partial charge in [0.2, 0.25) is 5.91 Å². The van der Waals surface area contributed by atoms with Crippen LogP contribution in [0.15, 0.2) is 53.7 Å². The zero-order chi connectivity index (χ0) is 20.8. The summed E-state index contributed by atoms with van der Waals surface area (Å²) >= 11 is 12.8. The number of rotatable bonds is 6. The van der Waals surface area contributed by atoms with Crippen molar-refractivity contribution >= 4 is 64.2 Å². The molecular weight excluding hydrogens is 433 g/mol. The van der Waals surface area contributed by atoms with Gasteiger partial charge in [0.25, 0.3) is 11.1 Å². The van der Waals surface area contributed by atoms with Crippen molar-refractivity contribution in [3.05, 3.63) is 74.9 Å². The second-order valence-corrected chi connectivity index (χ2v) is 7.75. The third-order valence-corrected chi connectivity index (χ3v) is 5.34. The van der Waals surface area contributed by atoms with Gasteiger partial charge in [0.15, 0.2) is 0 Å². The fraction of sp³-hybridized carbons (Fsp3) is 0.100. The number of pyridine rings is 1. The topological polar surface area (TPSA) is 79.4 Å². The molecule has 3 amide bonds. The van der Waals surface area contributed by atoms with Gasteiger partial charge < -0.3 is 5.32 Å². The van der Waals surface area contributed by atoms with Crippen molar-refractivity contribution in [2.45, 2.75) is 0 Å². The summed E-state index contributed by atoms with van der Waals surface area (Å²) in [7, 11) is 0. The molecule has 3 rings (SSSR count). The first-order valence-corrected chi connectivity index (χ1v) is 10.1. The Morgan fingerprint density at radius 3 is 2.79 bits per heavy atom. The minimum atomic E-state index is -0.425. The van der Waals surface area contributed by atoms with Crippen LogP contribution in [0, 0.1) is 0 Å². The van der Waals surface area contributed by atoms with Crippen LogP contribution in [-0.2, 0) is 9.59 Å². The molecule has 1 aliphatic heterocycles. The Morgan fingerprint density at radius 2 is 2.07 bits per heavy atom. The number of carbonyl (C=O) groups is 3. The van der Waals surface area contributed by atoms with Crippen LogP contribution in [-0.4, -0.2) is 40.0 Å². The number of imide groups is 1. The summed E-state index contributed by atoms with van der Waals surface area (Å²) in [5.74, 6) is -0.754. The van der Waals surface area contributed by atoms with Gasteiger partial charge in [-0.2, -0.15) is 0 Å². The number of halogens is 2. The standard InChI is InChI=1S/C20H15Cl2N3O3S/c21-15-5-4-14(16(22)11-15)10-17-19(27)25(20(28)29-17)9-8-24-18(26)6-3-13-2-1-7-23-12-13/h1-7,10-12H,8-9H2,(H,24,26)/b6-3+,17-10-. The first-order valence-electron chi connectivity index (χ1n) is 8.50. The van der Waals surface area contributed by atoms with Gasteiger partial charge in [-0.1, -0.05) is 35.3 Å². The van der Waals surface area contributed by atoms with Gasteiger partial charge in [0.05, 0.1) is 4.91 Å². The number of nitrogens with zero attached hydrogens (tertiary/aromatic N) is 2. The van der Waals surface area contributed by atoms with Crippen molar-refractivity contribution in [3.63, 3.8) is 0 Å². The molecule has 0 spiro atoms. The van der Waals surface area contributed by atoms with Crippen LogP contribution < -0.4 is 5.32 Å². The van der Waals surface area contributed by atoms with Gasteiger partial charge in [-0.3, -0.25) is 24.3 Å². The number of carbonyl (C=O) groups excluding carboxylic acids is 3. The molecule has 148 valence electrons. The third-order valence-electron chi connectivity index (χ3n) is 3.87. The SMILES string of the molecule is O=C(/C=C/c1cccnc1)NCCN1C(=O)S/C(=C\c2ccc(Cl)cc2Cl)C1=O. The lowest BCUT2D eigenvalue weighted by molar-refractivity contribution is -0.123. The third kappa shape index (κ3) is 5.69. The lowest BCUT2D eigenvalue weighted by atomic mass is 10.2. The van der Waals surface area contributed by atoms with E-state index in [4.69, 9.17) is 23.2 Å². The van der Waals surface area contributed by atoms with Gasteiger partial charge in [-0.15, -0.1) is 0 Å². The van der Waals surface area contributed by atoms with Crippen LogP contribution in [0.3, 0.4) is 0 Å². The van der Waals surface area contributed by atoms with E-state index in [0.29, 0.717) is 15.6 Å². The van der Waals surface area contributed by atoms with Crippen LogP contribution >= 0.6 is 35.0 Å². The monoisotopic (exact) mass is 447 g/mol. The van der Waals surface area contributed by atoms with Crippen molar-refractivity contribution in [2.24, 2.45) is 0 Å². The number of nitrogens with one attached hydrogen (secondary N) is 1. The Labute approximate surface area is 181 Å². The van der Waals surface area contributed by atoms with Crippen LogP contribution in [0.1, 0.15) is 11.1 Å². The lowest BCUT2D eigenvalue weighted by Gasteiger charge is -2.12. The van der Waals surface area contributed by atoms with E-state index in [1.165, 1.54) is 6.08 Å². The number of hydrogen-bond donors (Lipinski definition) is 1. The van der Waals surface area contributed by atoms with E-state index in [1.54, 1.807) is 48.8 Å². The first kappa shape index (κ1) is 21.1. The molecule has 1 aromatic heterocycles. The average Bonchev–Trinajstić information content (AvgIpc) is 2.96. The van der Waals surface area contributed by atoms with E-state index >= 15 is 0 Å². The lowest BCUT2D eigenvalue weighted by Crippen LogP contribution is -2.36. The molecule has 0 radical (unpaired) electrons. The molecule has 6 nitrogen and oxygen atoms in total. The zero-order valence-electron chi connectivity index (χ0n) is 15.0. The molecule has 0 aliphatic carbocycles. The van der Waals surface area contributed by atoms with E-state index in [2.05, 4.69) is 10.3 Å². The molecule has 0 atom stereocenters. The predicted octanol–water partition coefficient (Wildman–Crippen LogP) is 4.25. The van der Waals surface area contributed by atoms with Crippen LogP contribution in [0.2, 0.25) is 10.0 Å². The highest BCUT2D eigenvalue weighted by molar-refractivity contribution is 8.18. The summed E-state index contributed by atoms with van der Waals surface area (Å²) in [6, 6.07) is 8.47. The molecule has 2 aromatic rings. The highest BCUT2D eigenvalue weighted by atomic mass is 35.5. The number of benzene rings is 1. The predicted molar refractivity (Wildman–Crippen MR) is 115 cm³/mol. The Bertz CT molecular complexity index is 1010. The number of amides is 3. The summed E-state index contributed by atoms with van der Waals surface area (Å²) in [5, 5.41) is 3.11. The second kappa shape index (κ2) is 9.73. The molecule has 1 N–H and O–H groups in total. The van der Waals surface area contributed by atoms with Crippen molar-refractivity contribution in [1.82, 2.24) is 15.2 Å². The van der Waals surface area contributed by atoms with Crippen molar-refractivity contribution in [2.75, 3.05) is 13.1 Å². The maximum Gasteiger partial charge on any atom is 0.293 e. The van der Waals surface area contributed by atoms with Crippen molar-refractivity contribution in [3.8, 4) is 0 Å². The summed E-state index contributed by atoms with van der Waals surface area (Å²) in [4.78, 5) is 41.8. The number of hydrogen-bond acceptors (Lipinski definition) is 5. The molecule has 1 fully saturated rings. The van der Waals surface area contributed by atoms with Gasteiger partial charge in [0, 0.05) is 41.6 Å². The van der Waals surface area contributed by atoms with Gasteiger partial charge in [0.1, 0.15) is 0 Å². The fourth-order valence-corrected chi connectivity index (χ4v) is 3.77. The largest absolute Gasteiger partial charge is 0.351 e. The normalized spacial score (nSPS) is 15.5. The summed E-state index contributed by atoms with van der Waals surface area (Å²) in [5.41, 5.74) is 1.38. The quantitative estimate of drug-likeness (QED) is 0.669. The molecule has 0 unspecified atom stereocenters. The second-order valence-electron chi connectivity index (χ2n) is 5.91. The molecule has 29 heavy (non-hydrogen) atoms. The molecule has 1 saturated heterocycles. The van der Waals surface area contributed by atoms with E-state index in [0.717, 1.165) is 22.2 Å². The van der Waals surface area contributed by atoms with E-state index in [1.807, 2.05) is 6.07 Å². The maximum atomic E-state index is 12.5. The highest BCUT2D eigenvalue weighted by Gasteiger charge is 2.34. The Hall–Kier alpha value is -2.61. The highest BCUT2D eigenvalue weighted by Crippen LogP contribution is 2.33. The average molecular weight is 448 g/mol. The molecule has 1 aliphatic rings. The molecule has 0 saturated carbocycles. The Kier molecular flexibility index (Phi) is 7.09. The van der Waals surface area contributed by atoms with Crippen LogP contribution in [0.4, 0.5) is 4.79 Å². The molecule has 1 aromatic carbocycles. The minimum absolute atomic E-state index is 0.0723. The number of thioether (sulfide) groups is 1. The molecular formula is C20H15Cl2N3O3S. The van der Waals surface area contributed by atoms with Gasteiger partial charge >= 0.3 is 0 Å². The molecule has 2 heterocycles. The fourth-order valence-electron chi connectivity index (χ4n) is 2.45. The van der Waals surface area contributed by atoms with Crippen LogP contribution in [0.5, 0.6) is 0 Å². The van der Waals surface area contributed by atoms with Crippen molar-refractivity contribution in [1.29, 1.82) is 0 Å². The zero-order valence-corrected chi connectivity index (χ0v) is 17.3. The minimum Gasteiger partial charge on any atom is -0.351 e. The first-order chi connectivity index (χ1) is 13.9. The maximum absolute atomic E-state index is 12.5. The summed E-state index contributed by atoms with van der Waals surface area (Å²) in [6.45, 7) is 0.214. The van der Waals surface area contributed by atoms with E-state index in [9.17, 15) is 14.4 Å².